The van der Waals surface area contributed by atoms with Crippen molar-refractivity contribution in [1.82, 2.24) is 4.57 Å². The SMILES string of the molecule is Cc1c(C(C)(C)C)sc(=NS(=O)(=O)c2cc(Cl)ccc2S)n1C. The minimum atomic E-state index is -3.88. The lowest BCUT2D eigenvalue weighted by molar-refractivity contribution is 0.591. The van der Waals surface area contributed by atoms with Gasteiger partial charge in [0.05, 0.1) is 0 Å². The Labute approximate surface area is 151 Å². The molecule has 23 heavy (non-hydrogen) atoms. The van der Waals surface area contributed by atoms with Crippen LogP contribution in [0, 0.1) is 6.92 Å². The van der Waals surface area contributed by atoms with Crippen molar-refractivity contribution in [2.24, 2.45) is 11.4 Å². The van der Waals surface area contributed by atoms with E-state index >= 15 is 0 Å². The molecule has 0 atom stereocenters. The topological polar surface area (TPSA) is 51.4 Å². The second kappa shape index (κ2) is 6.27. The Balaban J connectivity index is 2.69. The van der Waals surface area contributed by atoms with Crippen molar-refractivity contribution in [3.8, 4) is 0 Å². The monoisotopic (exact) mass is 390 g/mol. The standard InChI is InChI=1S/C15H19ClN2O2S3/c1-9-13(15(2,3)4)22-14(18(9)5)17-23(19,20)12-8-10(16)6-7-11(12)21/h6-8,21H,1-5H3. The molecule has 0 fully saturated rings. The van der Waals surface area contributed by atoms with E-state index in [4.69, 9.17) is 11.6 Å². The van der Waals surface area contributed by atoms with E-state index in [-0.39, 0.29) is 10.3 Å². The van der Waals surface area contributed by atoms with E-state index in [0.29, 0.717) is 14.7 Å². The van der Waals surface area contributed by atoms with Gasteiger partial charge in [0.1, 0.15) is 4.90 Å². The quantitative estimate of drug-likeness (QED) is 0.790. The fourth-order valence-corrected chi connectivity index (χ4v) is 5.40. The molecule has 1 aromatic heterocycles. The van der Waals surface area contributed by atoms with Gasteiger partial charge in [-0.15, -0.1) is 28.4 Å². The summed E-state index contributed by atoms with van der Waals surface area (Å²) in [6.07, 6.45) is 0. The zero-order valence-corrected chi connectivity index (χ0v) is 16.9. The van der Waals surface area contributed by atoms with Gasteiger partial charge in [-0.1, -0.05) is 32.4 Å². The van der Waals surface area contributed by atoms with Gasteiger partial charge in [-0.2, -0.15) is 8.42 Å². The summed E-state index contributed by atoms with van der Waals surface area (Å²) >= 11 is 11.5. The average molecular weight is 391 g/mol. The molecule has 0 radical (unpaired) electrons. The Hall–Kier alpha value is -0.760. The van der Waals surface area contributed by atoms with Crippen molar-refractivity contribution < 1.29 is 8.42 Å². The Morgan fingerprint density at radius 3 is 2.43 bits per heavy atom. The minimum absolute atomic E-state index is 0.0108. The normalized spacial score (nSPS) is 13.6. The molecule has 0 aliphatic rings. The number of rotatable bonds is 2. The third kappa shape index (κ3) is 3.84. The van der Waals surface area contributed by atoms with Crippen molar-refractivity contribution in [2.75, 3.05) is 0 Å². The Morgan fingerprint density at radius 2 is 1.91 bits per heavy atom. The number of benzene rings is 1. The summed E-state index contributed by atoms with van der Waals surface area (Å²) in [5, 5.41) is 0.332. The van der Waals surface area contributed by atoms with Gasteiger partial charge in [0.2, 0.25) is 4.80 Å². The predicted octanol–water partition coefficient (Wildman–Crippen LogP) is 3.92. The van der Waals surface area contributed by atoms with E-state index in [1.807, 2.05) is 14.0 Å². The summed E-state index contributed by atoms with van der Waals surface area (Å²) in [5.41, 5.74) is 0.933. The molecule has 0 unspecified atom stereocenters. The summed E-state index contributed by atoms with van der Waals surface area (Å²) < 4.78 is 31.0. The van der Waals surface area contributed by atoms with Crippen molar-refractivity contribution in [3.05, 3.63) is 38.6 Å². The highest BCUT2D eigenvalue weighted by atomic mass is 35.5. The number of hydrogen-bond acceptors (Lipinski definition) is 4. The molecule has 1 heterocycles. The van der Waals surface area contributed by atoms with Crippen LogP contribution in [0.15, 0.2) is 32.4 Å². The zero-order chi connectivity index (χ0) is 17.6. The van der Waals surface area contributed by atoms with Gasteiger partial charge in [0.15, 0.2) is 0 Å². The summed E-state index contributed by atoms with van der Waals surface area (Å²) in [4.78, 5) is 1.87. The zero-order valence-electron chi connectivity index (χ0n) is 13.6. The Morgan fingerprint density at radius 1 is 1.30 bits per heavy atom. The van der Waals surface area contributed by atoms with Crippen LogP contribution in [0.5, 0.6) is 0 Å². The first kappa shape index (κ1) is 18.6. The summed E-state index contributed by atoms with van der Waals surface area (Å²) in [5.74, 6) is 0. The molecule has 1 aromatic carbocycles. The number of aromatic nitrogens is 1. The van der Waals surface area contributed by atoms with E-state index in [2.05, 4.69) is 37.8 Å². The van der Waals surface area contributed by atoms with E-state index in [1.54, 1.807) is 16.7 Å². The Bertz CT molecular complexity index is 919. The molecule has 0 aliphatic carbocycles. The van der Waals surface area contributed by atoms with Crippen LogP contribution in [0.4, 0.5) is 0 Å². The molecule has 0 bridgehead atoms. The van der Waals surface area contributed by atoms with Gasteiger partial charge in [0, 0.05) is 27.5 Å². The summed E-state index contributed by atoms with van der Waals surface area (Å²) in [6, 6.07) is 4.51. The van der Waals surface area contributed by atoms with E-state index in [0.717, 1.165) is 10.6 Å². The minimum Gasteiger partial charge on any atom is -0.323 e. The Kier molecular flexibility index (Phi) is 5.07. The maximum atomic E-state index is 12.6. The van der Waals surface area contributed by atoms with Gasteiger partial charge in [-0.05, 0) is 30.5 Å². The molecule has 0 spiro atoms. The van der Waals surface area contributed by atoms with E-state index < -0.39 is 10.0 Å². The fraction of sp³-hybridized carbons (Fsp3) is 0.400. The molecule has 0 amide bonds. The maximum absolute atomic E-state index is 12.6. The lowest BCUT2D eigenvalue weighted by atomic mass is 9.93. The van der Waals surface area contributed by atoms with Gasteiger partial charge < -0.3 is 4.57 Å². The van der Waals surface area contributed by atoms with E-state index in [9.17, 15) is 8.42 Å². The number of sulfonamides is 1. The first-order valence-electron chi connectivity index (χ1n) is 6.90. The van der Waals surface area contributed by atoms with Gasteiger partial charge in [0.25, 0.3) is 10.0 Å². The fourth-order valence-electron chi connectivity index (χ4n) is 2.15. The maximum Gasteiger partial charge on any atom is 0.286 e. The molecule has 0 N–H and O–H groups in total. The molecule has 4 nitrogen and oxygen atoms in total. The third-order valence-corrected chi connectivity index (χ3v) is 7.25. The van der Waals surface area contributed by atoms with Crippen LogP contribution in [-0.2, 0) is 22.5 Å². The largest absolute Gasteiger partial charge is 0.323 e. The van der Waals surface area contributed by atoms with Crippen LogP contribution in [0.2, 0.25) is 5.02 Å². The number of hydrogen-bond donors (Lipinski definition) is 1. The molecular weight excluding hydrogens is 372 g/mol. The molecule has 0 aliphatic heterocycles. The molecule has 8 heteroatoms. The van der Waals surface area contributed by atoms with Crippen molar-refractivity contribution in [2.45, 2.75) is 42.9 Å². The number of halogens is 1. The number of thiol groups is 1. The van der Waals surface area contributed by atoms with Gasteiger partial charge in [-0.3, -0.25) is 0 Å². The van der Waals surface area contributed by atoms with Gasteiger partial charge in [-0.25, -0.2) is 0 Å². The van der Waals surface area contributed by atoms with Crippen LogP contribution < -0.4 is 4.80 Å². The van der Waals surface area contributed by atoms with Crippen LogP contribution in [0.25, 0.3) is 0 Å². The molecule has 126 valence electrons. The van der Waals surface area contributed by atoms with Crippen LogP contribution in [0.3, 0.4) is 0 Å². The van der Waals surface area contributed by atoms with Crippen molar-refractivity contribution >= 4 is 45.6 Å². The highest BCUT2D eigenvalue weighted by molar-refractivity contribution is 7.91. The lowest BCUT2D eigenvalue weighted by Crippen LogP contribution is -2.15. The number of nitrogens with zero attached hydrogens (tertiary/aromatic N) is 2. The molecule has 0 saturated carbocycles. The molecule has 2 aromatic rings. The second-order valence-corrected chi connectivity index (χ2v) is 9.75. The summed E-state index contributed by atoms with van der Waals surface area (Å²) in [6.45, 7) is 8.23. The van der Waals surface area contributed by atoms with Crippen LogP contribution in [-0.4, -0.2) is 13.0 Å². The number of thiazole rings is 1. The third-order valence-electron chi connectivity index (χ3n) is 3.39. The first-order valence-corrected chi connectivity index (χ1v) is 9.98. The van der Waals surface area contributed by atoms with Crippen LogP contribution >= 0.6 is 35.6 Å². The predicted molar refractivity (Wildman–Crippen MR) is 98.2 cm³/mol. The smallest absolute Gasteiger partial charge is 0.286 e. The van der Waals surface area contributed by atoms with Gasteiger partial charge >= 0.3 is 0 Å². The lowest BCUT2D eigenvalue weighted by Gasteiger charge is -2.17. The summed E-state index contributed by atoms with van der Waals surface area (Å²) in [7, 11) is -2.07. The second-order valence-electron chi connectivity index (χ2n) is 6.29. The van der Waals surface area contributed by atoms with E-state index in [1.165, 1.54) is 17.4 Å². The molecular formula is C15H19ClN2O2S3. The highest BCUT2D eigenvalue weighted by Crippen LogP contribution is 2.29. The molecule has 0 saturated heterocycles. The average Bonchev–Trinajstić information content (AvgIpc) is 2.69. The van der Waals surface area contributed by atoms with Crippen molar-refractivity contribution in [1.29, 1.82) is 0 Å². The molecule has 2 rings (SSSR count). The highest BCUT2D eigenvalue weighted by Gasteiger charge is 2.23. The van der Waals surface area contributed by atoms with Crippen LogP contribution in [0.1, 0.15) is 31.3 Å². The first-order chi connectivity index (χ1) is 10.4. The van der Waals surface area contributed by atoms with Crippen molar-refractivity contribution in [3.63, 3.8) is 0 Å².